The average Bonchev–Trinajstić information content (AvgIpc) is 2.77. The Labute approximate surface area is 114 Å². The lowest BCUT2D eigenvalue weighted by Gasteiger charge is -2.27. The van der Waals surface area contributed by atoms with Crippen LogP contribution in [0.2, 0.25) is 0 Å². The molecule has 1 rings (SSSR count). The SMILES string of the molecule is CCCC(C)(CC)CNC(=O)c1noc(OC)c1C. The number of nitrogens with zero attached hydrogens (tertiary/aromatic N) is 1. The molecule has 0 saturated heterocycles. The zero-order valence-electron chi connectivity index (χ0n) is 12.5. The molecule has 0 radical (unpaired) electrons. The van der Waals surface area contributed by atoms with Crippen LogP contribution in [0.4, 0.5) is 0 Å². The molecule has 1 aromatic heterocycles. The lowest BCUT2D eigenvalue weighted by molar-refractivity contribution is 0.0919. The molecule has 1 heterocycles. The van der Waals surface area contributed by atoms with Gasteiger partial charge in [-0.3, -0.25) is 4.79 Å². The van der Waals surface area contributed by atoms with Gasteiger partial charge in [-0.05, 0) is 25.2 Å². The van der Waals surface area contributed by atoms with Crippen molar-refractivity contribution >= 4 is 5.91 Å². The second-order valence-electron chi connectivity index (χ2n) is 5.24. The maximum absolute atomic E-state index is 12.1. The van der Waals surface area contributed by atoms with E-state index in [2.05, 4.69) is 31.2 Å². The molecule has 0 fully saturated rings. The van der Waals surface area contributed by atoms with Crippen molar-refractivity contribution in [3.8, 4) is 5.95 Å². The van der Waals surface area contributed by atoms with Gasteiger partial charge in [0.15, 0.2) is 5.69 Å². The first kappa shape index (κ1) is 15.5. The van der Waals surface area contributed by atoms with Crippen LogP contribution in [0, 0.1) is 12.3 Å². The van der Waals surface area contributed by atoms with Crippen LogP contribution in [0.3, 0.4) is 0 Å². The van der Waals surface area contributed by atoms with Crippen molar-refractivity contribution in [1.82, 2.24) is 10.5 Å². The van der Waals surface area contributed by atoms with E-state index in [0.29, 0.717) is 17.8 Å². The summed E-state index contributed by atoms with van der Waals surface area (Å²) in [5.74, 6) is 0.0808. The number of nitrogens with one attached hydrogen (secondary N) is 1. The molecule has 0 aliphatic rings. The van der Waals surface area contributed by atoms with Crippen LogP contribution in [0.5, 0.6) is 5.95 Å². The number of methoxy groups -OCH3 is 1. The summed E-state index contributed by atoms with van der Waals surface area (Å²) in [5, 5.41) is 6.68. The van der Waals surface area contributed by atoms with E-state index in [9.17, 15) is 4.79 Å². The third-order valence-corrected chi connectivity index (χ3v) is 3.66. The van der Waals surface area contributed by atoms with E-state index in [1.807, 2.05) is 0 Å². The normalized spacial score (nSPS) is 13.9. The number of amides is 1. The molecule has 108 valence electrons. The summed E-state index contributed by atoms with van der Waals surface area (Å²) in [6.07, 6.45) is 3.23. The first-order valence-corrected chi connectivity index (χ1v) is 6.76. The molecule has 0 saturated carbocycles. The van der Waals surface area contributed by atoms with Gasteiger partial charge in [-0.1, -0.05) is 32.3 Å². The number of carbonyl (C=O) groups excluding carboxylic acids is 1. The molecule has 1 amide bonds. The molecular formula is C14H24N2O3. The van der Waals surface area contributed by atoms with Gasteiger partial charge in [0.1, 0.15) is 0 Å². The van der Waals surface area contributed by atoms with Crippen LogP contribution in [-0.4, -0.2) is 24.7 Å². The van der Waals surface area contributed by atoms with Crippen molar-refractivity contribution in [2.75, 3.05) is 13.7 Å². The third kappa shape index (κ3) is 3.72. The monoisotopic (exact) mass is 268 g/mol. The van der Waals surface area contributed by atoms with Crippen LogP contribution < -0.4 is 10.1 Å². The van der Waals surface area contributed by atoms with E-state index in [1.165, 1.54) is 7.11 Å². The largest absolute Gasteiger partial charge is 0.467 e. The van der Waals surface area contributed by atoms with Crippen molar-refractivity contribution in [3.63, 3.8) is 0 Å². The quantitative estimate of drug-likeness (QED) is 0.825. The maximum atomic E-state index is 12.1. The Morgan fingerprint density at radius 3 is 2.63 bits per heavy atom. The fourth-order valence-electron chi connectivity index (χ4n) is 2.09. The van der Waals surface area contributed by atoms with E-state index in [-0.39, 0.29) is 17.3 Å². The average molecular weight is 268 g/mol. The summed E-state index contributed by atoms with van der Waals surface area (Å²) in [5.41, 5.74) is 1.06. The Morgan fingerprint density at radius 2 is 2.16 bits per heavy atom. The minimum atomic E-state index is -0.208. The van der Waals surface area contributed by atoms with Crippen molar-refractivity contribution in [3.05, 3.63) is 11.3 Å². The molecule has 1 atom stereocenters. The molecule has 0 aliphatic heterocycles. The molecule has 1 aromatic rings. The number of ether oxygens (including phenoxy) is 1. The second kappa shape index (κ2) is 6.59. The second-order valence-corrected chi connectivity index (χ2v) is 5.24. The zero-order chi connectivity index (χ0) is 14.5. The van der Waals surface area contributed by atoms with Crippen LogP contribution in [0.15, 0.2) is 4.52 Å². The van der Waals surface area contributed by atoms with Gasteiger partial charge in [0.25, 0.3) is 5.91 Å². The van der Waals surface area contributed by atoms with Crippen molar-refractivity contribution < 1.29 is 14.1 Å². The summed E-state index contributed by atoms with van der Waals surface area (Å²) >= 11 is 0. The molecule has 5 nitrogen and oxygen atoms in total. The van der Waals surface area contributed by atoms with E-state index >= 15 is 0 Å². The first-order chi connectivity index (χ1) is 8.97. The third-order valence-electron chi connectivity index (χ3n) is 3.66. The summed E-state index contributed by atoms with van der Waals surface area (Å²) in [6.45, 7) is 8.89. The van der Waals surface area contributed by atoms with Gasteiger partial charge < -0.3 is 14.6 Å². The minimum absolute atomic E-state index is 0.131. The minimum Gasteiger partial charge on any atom is -0.467 e. The first-order valence-electron chi connectivity index (χ1n) is 6.76. The molecule has 5 heteroatoms. The highest BCUT2D eigenvalue weighted by Gasteiger charge is 2.24. The number of carbonyl (C=O) groups is 1. The highest BCUT2D eigenvalue weighted by atomic mass is 16.6. The highest BCUT2D eigenvalue weighted by Crippen LogP contribution is 2.26. The smallest absolute Gasteiger partial charge is 0.314 e. The summed E-state index contributed by atoms with van der Waals surface area (Å²) < 4.78 is 9.91. The Hall–Kier alpha value is -1.52. The standard InChI is InChI=1S/C14H24N2O3/c1-6-8-14(4,7-2)9-15-12(17)11-10(3)13(18-5)19-16-11/h6-9H2,1-5H3,(H,15,17). The van der Waals surface area contributed by atoms with Crippen molar-refractivity contribution in [1.29, 1.82) is 0 Å². The maximum Gasteiger partial charge on any atom is 0.314 e. The number of hydrogen-bond acceptors (Lipinski definition) is 4. The molecular weight excluding hydrogens is 244 g/mol. The van der Waals surface area contributed by atoms with Crippen LogP contribution in [0.25, 0.3) is 0 Å². The summed E-state index contributed by atoms with van der Waals surface area (Å²) in [7, 11) is 1.49. The highest BCUT2D eigenvalue weighted by molar-refractivity contribution is 5.93. The lowest BCUT2D eigenvalue weighted by atomic mass is 9.83. The Kier molecular flexibility index (Phi) is 5.39. The fraction of sp³-hybridized carbons (Fsp3) is 0.714. The zero-order valence-corrected chi connectivity index (χ0v) is 12.5. The topological polar surface area (TPSA) is 64.4 Å². The van der Waals surface area contributed by atoms with Crippen LogP contribution in [-0.2, 0) is 0 Å². The molecule has 0 aromatic carbocycles. The summed E-state index contributed by atoms with van der Waals surface area (Å²) in [6, 6.07) is 0. The molecule has 0 aliphatic carbocycles. The van der Waals surface area contributed by atoms with Gasteiger partial charge in [-0.2, -0.15) is 0 Å². The van der Waals surface area contributed by atoms with Crippen LogP contribution in [0.1, 0.15) is 56.1 Å². The predicted molar refractivity (Wildman–Crippen MR) is 73.4 cm³/mol. The van der Waals surface area contributed by atoms with Crippen LogP contribution >= 0.6 is 0 Å². The van der Waals surface area contributed by atoms with Crippen molar-refractivity contribution in [2.24, 2.45) is 5.41 Å². The van der Waals surface area contributed by atoms with E-state index in [1.54, 1.807) is 6.92 Å². The van der Waals surface area contributed by atoms with Gasteiger partial charge in [0, 0.05) is 6.54 Å². The lowest BCUT2D eigenvalue weighted by Crippen LogP contribution is -2.35. The fourth-order valence-corrected chi connectivity index (χ4v) is 2.09. The molecule has 0 bridgehead atoms. The van der Waals surface area contributed by atoms with E-state index in [0.717, 1.165) is 19.3 Å². The van der Waals surface area contributed by atoms with E-state index < -0.39 is 0 Å². The van der Waals surface area contributed by atoms with Gasteiger partial charge in [0.05, 0.1) is 12.7 Å². The molecule has 1 N–H and O–H groups in total. The molecule has 19 heavy (non-hydrogen) atoms. The Balaban J connectivity index is 2.67. The van der Waals surface area contributed by atoms with Gasteiger partial charge >= 0.3 is 5.95 Å². The van der Waals surface area contributed by atoms with Gasteiger partial charge in [-0.25, -0.2) is 0 Å². The number of rotatable bonds is 7. The molecule has 1 unspecified atom stereocenters. The van der Waals surface area contributed by atoms with Crippen molar-refractivity contribution in [2.45, 2.75) is 47.0 Å². The van der Waals surface area contributed by atoms with Gasteiger partial charge in [-0.15, -0.1) is 0 Å². The Morgan fingerprint density at radius 1 is 1.47 bits per heavy atom. The molecule has 0 spiro atoms. The van der Waals surface area contributed by atoms with Gasteiger partial charge in [0.2, 0.25) is 0 Å². The Bertz CT molecular complexity index is 428. The summed E-state index contributed by atoms with van der Waals surface area (Å²) in [4.78, 5) is 12.1. The van der Waals surface area contributed by atoms with E-state index in [4.69, 9.17) is 9.26 Å². The predicted octanol–water partition coefficient (Wildman–Crippen LogP) is 2.94. The number of aromatic nitrogens is 1. The number of hydrogen-bond donors (Lipinski definition) is 1.